The SMILES string of the molecule is CN(C)c1cccc(-c2cc(-c3ccc(C(=O)N[C@@H](Cc4ccc(O)cc4)C(N)=O)cc3)n(-c3ccc(C(C)(C)C)cc3)n2)c1. The van der Waals surface area contributed by atoms with Gasteiger partial charge in [0.2, 0.25) is 5.91 Å². The third kappa shape index (κ3) is 7.24. The maximum absolute atomic E-state index is 13.1. The number of aromatic nitrogens is 2. The molecular formula is C37H39N5O3. The average molecular weight is 602 g/mol. The first-order valence-corrected chi connectivity index (χ1v) is 14.9. The van der Waals surface area contributed by atoms with Gasteiger partial charge < -0.3 is 21.1 Å². The number of nitrogens with zero attached hydrogens (tertiary/aromatic N) is 3. The standard InChI is InChI=1S/C37H39N5O3/c1-37(2,3)28-15-17-29(18-16-28)42-34(23-32(40-42)27-7-6-8-30(22-27)41(4)5)25-11-13-26(14-12-25)36(45)39-33(35(38)44)21-24-9-19-31(43)20-10-24/h6-20,22-23,33,43H,21H2,1-5H3,(H2,38,44)(H,39,45)/t33-/m0/s1. The van der Waals surface area contributed by atoms with Crippen molar-refractivity contribution in [1.82, 2.24) is 15.1 Å². The van der Waals surface area contributed by atoms with Crippen LogP contribution in [0.2, 0.25) is 0 Å². The molecule has 0 spiro atoms. The molecule has 0 saturated carbocycles. The summed E-state index contributed by atoms with van der Waals surface area (Å²) in [4.78, 5) is 27.4. The zero-order valence-corrected chi connectivity index (χ0v) is 26.3. The smallest absolute Gasteiger partial charge is 0.251 e. The maximum Gasteiger partial charge on any atom is 0.251 e. The van der Waals surface area contributed by atoms with Crippen LogP contribution in [-0.4, -0.2) is 46.8 Å². The number of phenols is 1. The van der Waals surface area contributed by atoms with Gasteiger partial charge in [0.05, 0.1) is 17.1 Å². The number of carbonyl (C=O) groups excluding carboxylic acids is 2. The molecule has 0 unspecified atom stereocenters. The van der Waals surface area contributed by atoms with E-state index in [0.717, 1.165) is 39.5 Å². The van der Waals surface area contributed by atoms with Gasteiger partial charge in [-0.2, -0.15) is 5.10 Å². The largest absolute Gasteiger partial charge is 0.508 e. The van der Waals surface area contributed by atoms with Crippen molar-refractivity contribution < 1.29 is 14.7 Å². The van der Waals surface area contributed by atoms with E-state index in [4.69, 9.17) is 10.8 Å². The quantitative estimate of drug-likeness (QED) is 0.189. The van der Waals surface area contributed by atoms with E-state index >= 15 is 0 Å². The Bertz CT molecular complexity index is 1800. The highest BCUT2D eigenvalue weighted by Gasteiger charge is 2.21. The zero-order chi connectivity index (χ0) is 32.3. The molecule has 5 rings (SSSR count). The lowest BCUT2D eigenvalue weighted by molar-refractivity contribution is -0.119. The number of carbonyl (C=O) groups is 2. The Kier molecular flexibility index (Phi) is 8.77. The van der Waals surface area contributed by atoms with Gasteiger partial charge in [0.25, 0.3) is 5.91 Å². The molecule has 45 heavy (non-hydrogen) atoms. The lowest BCUT2D eigenvalue weighted by atomic mass is 9.87. The molecule has 1 atom stereocenters. The number of nitrogens with one attached hydrogen (secondary N) is 1. The predicted octanol–water partition coefficient (Wildman–Crippen LogP) is 6.10. The van der Waals surface area contributed by atoms with Crippen LogP contribution >= 0.6 is 0 Å². The minimum atomic E-state index is -0.903. The number of nitrogens with two attached hydrogens (primary N) is 1. The van der Waals surface area contributed by atoms with Gasteiger partial charge in [-0.15, -0.1) is 0 Å². The fourth-order valence-corrected chi connectivity index (χ4v) is 5.10. The van der Waals surface area contributed by atoms with Crippen LogP contribution in [0.25, 0.3) is 28.2 Å². The van der Waals surface area contributed by atoms with E-state index in [1.54, 1.807) is 24.3 Å². The van der Waals surface area contributed by atoms with E-state index in [1.165, 1.54) is 17.7 Å². The normalized spacial score (nSPS) is 12.0. The lowest BCUT2D eigenvalue weighted by Crippen LogP contribution is -2.45. The monoisotopic (exact) mass is 601 g/mol. The Hall–Kier alpha value is -5.37. The summed E-state index contributed by atoms with van der Waals surface area (Å²) < 4.78 is 1.93. The molecule has 5 aromatic rings. The number of amides is 2. The Morgan fingerprint density at radius 2 is 1.56 bits per heavy atom. The van der Waals surface area contributed by atoms with Crippen LogP contribution in [-0.2, 0) is 16.6 Å². The van der Waals surface area contributed by atoms with E-state index in [0.29, 0.717) is 5.56 Å². The summed E-state index contributed by atoms with van der Waals surface area (Å²) in [5.41, 5.74) is 13.6. The average Bonchev–Trinajstić information content (AvgIpc) is 3.47. The summed E-state index contributed by atoms with van der Waals surface area (Å²) in [6, 6.07) is 31.5. The summed E-state index contributed by atoms with van der Waals surface area (Å²) in [5, 5.41) is 17.3. The number of benzene rings is 4. The molecular weight excluding hydrogens is 562 g/mol. The number of anilines is 1. The Labute approximate surface area is 264 Å². The molecule has 4 N–H and O–H groups in total. The summed E-state index contributed by atoms with van der Waals surface area (Å²) in [6.45, 7) is 6.57. The van der Waals surface area contributed by atoms with Crippen LogP contribution in [0.3, 0.4) is 0 Å². The number of rotatable bonds is 9. The molecule has 0 bridgehead atoms. The molecule has 2 amide bonds. The minimum absolute atomic E-state index is 0.0250. The van der Waals surface area contributed by atoms with Crippen molar-refractivity contribution >= 4 is 17.5 Å². The molecule has 8 nitrogen and oxygen atoms in total. The Balaban J connectivity index is 1.46. The number of primary amides is 1. The number of phenolic OH excluding ortho intramolecular Hbond substituents is 1. The molecule has 0 radical (unpaired) electrons. The molecule has 0 aliphatic heterocycles. The van der Waals surface area contributed by atoms with E-state index in [1.807, 2.05) is 43.0 Å². The molecule has 230 valence electrons. The van der Waals surface area contributed by atoms with E-state index in [-0.39, 0.29) is 17.6 Å². The second kappa shape index (κ2) is 12.7. The topological polar surface area (TPSA) is 113 Å². The second-order valence-corrected chi connectivity index (χ2v) is 12.4. The van der Waals surface area contributed by atoms with Gasteiger partial charge in [0, 0.05) is 42.9 Å². The van der Waals surface area contributed by atoms with Crippen LogP contribution in [0.5, 0.6) is 5.75 Å². The van der Waals surface area contributed by atoms with Gasteiger partial charge in [-0.1, -0.05) is 69.3 Å². The van der Waals surface area contributed by atoms with Crippen LogP contribution in [0.15, 0.2) is 103 Å². The van der Waals surface area contributed by atoms with Crippen molar-refractivity contribution in [2.75, 3.05) is 19.0 Å². The molecule has 0 saturated heterocycles. The molecule has 0 fully saturated rings. The summed E-state index contributed by atoms with van der Waals surface area (Å²) in [7, 11) is 4.02. The fraction of sp³-hybridized carbons (Fsp3) is 0.216. The van der Waals surface area contributed by atoms with Gasteiger partial charge in [-0.3, -0.25) is 9.59 Å². The Morgan fingerprint density at radius 1 is 0.889 bits per heavy atom. The van der Waals surface area contributed by atoms with E-state index < -0.39 is 17.9 Å². The number of hydrogen-bond donors (Lipinski definition) is 3. The second-order valence-electron chi connectivity index (χ2n) is 12.4. The minimum Gasteiger partial charge on any atom is -0.508 e. The highest BCUT2D eigenvalue weighted by molar-refractivity contribution is 5.97. The summed E-state index contributed by atoms with van der Waals surface area (Å²) >= 11 is 0. The maximum atomic E-state index is 13.1. The molecule has 0 aliphatic rings. The Morgan fingerprint density at radius 3 is 2.16 bits per heavy atom. The molecule has 8 heteroatoms. The summed E-state index contributed by atoms with van der Waals surface area (Å²) in [5.74, 6) is -0.923. The van der Waals surface area contributed by atoms with Crippen molar-refractivity contribution in [2.45, 2.75) is 38.6 Å². The number of hydrogen-bond acceptors (Lipinski definition) is 5. The van der Waals surface area contributed by atoms with Crippen molar-refractivity contribution in [3.63, 3.8) is 0 Å². The number of aromatic hydroxyl groups is 1. The van der Waals surface area contributed by atoms with Crippen molar-refractivity contribution in [1.29, 1.82) is 0 Å². The highest BCUT2D eigenvalue weighted by atomic mass is 16.3. The van der Waals surface area contributed by atoms with Gasteiger partial charge >= 0.3 is 0 Å². The van der Waals surface area contributed by atoms with Crippen LogP contribution in [0.4, 0.5) is 5.69 Å². The molecule has 0 aliphatic carbocycles. The highest BCUT2D eigenvalue weighted by Crippen LogP contribution is 2.31. The molecule has 1 aromatic heterocycles. The summed E-state index contributed by atoms with van der Waals surface area (Å²) in [6.07, 6.45) is 0.213. The van der Waals surface area contributed by atoms with Crippen LogP contribution < -0.4 is 16.0 Å². The van der Waals surface area contributed by atoms with Gasteiger partial charge in [-0.05, 0) is 71.1 Å². The first-order chi connectivity index (χ1) is 21.4. The fourth-order valence-electron chi connectivity index (χ4n) is 5.10. The van der Waals surface area contributed by atoms with Gasteiger partial charge in [0.1, 0.15) is 11.8 Å². The van der Waals surface area contributed by atoms with Gasteiger partial charge in [0.15, 0.2) is 0 Å². The third-order valence-corrected chi connectivity index (χ3v) is 7.81. The van der Waals surface area contributed by atoms with Crippen molar-refractivity contribution in [2.24, 2.45) is 5.73 Å². The van der Waals surface area contributed by atoms with Crippen molar-refractivity contribution in [3.8, 4) is 34.0 Å². The third-order valence-electron chi connectivity index (χ3n) is 7.81. The lowest BCUT2D eigenvalue weighted by Gasteiger charge is -2.19. The first kappa shape index (κ1) is 31.1. The van der Waals surface area contributed by atoms with E-state index in [9.17, 15) is 14.7 Å². The zero-order valence-electron chi connectivity index (χ0n) is 26.3. The van der Waals surface area contributed by atoms with Crippen LogP contribution in [0, 0.1) is 0 Å². The van der Waals surface area contributed by atoms with Crippen LogP contribution in [0.1, 0.15) is 42.3 Å². The van der Waals surface area contributed by atoms with Crippen molar-refractivity contribution in [3.05, 3.63) is 120 Å². The first-order valence-electron chi connectivity index (χ1n) is 14.9. The van der Waals surface area contributed by atoms with E-state index in [2.05, 4.69) is 73.5 Å². The van der Waals surface area contributed by atoms with Gasteiger partial charge in [-0.25, -0.2) is 4.68 Å². The molecule has 4 aromatic carbocycles. The molecule has 1 heterocycles. The predicted molar refractivity (Wildman–Crippen MR) is 180 cm³/mol.